The van der Waals surface area contributed by atoms with Gasteiger partial charge in [-0.1, -0.05) is 0 Å². The van der Waals surface area contributed by atoms with Gasteiger partial charge in [0, 0.05) is 5.56 Å². The van der Waals surface area contributed by atoms with Crippen LogP contribution in [0.1, 0.15) is 17.3 Å². The van der Waals surface area contributed by atoms with E-state index < -0.39 is 11.9 Å². The molecule has 3 N–H and O–H groups in total. The summed E-state index contributed by atoms with van der Waals surface area (Å²) in [5.41, 5.74) is 8.06. The number of nitrogens with zero attached hydrogens (tertiary/aromatic N) is 2. The van der Waals surface area contributed by atoms with Gasteiger partial charge >= 0.3 is 5.97 Å². The average molecular weight is 260 g/mol. The van der Waals surface area contributed by atoms with Crippen LogP contribution in [0.5, 0.6) is 0 Å². The van der Waals surface area contributed by atoms with Crippen LogP contribution >= 0.6 is 0 Å². The van der Waals surface area contributed by atoms with E-state index in [0.717, 1.165) is 0 Å². The minimum atomic E-state index is -0.800. The zero-order chi connectivity index (χ0) is 14.3. The molecule has 0 aromatic heterocycles. The molecule has 0 unspecified atom stereocenters. The highest BCUT2D eigenvalue weighted by atomic mass is 16.5. The number of benzene rings is 1. The van der Waals surface area contributed by atoms with Crippen molar-refractivity contribution in [3.63, 3.8) is 0 Å². The fourth-order valence-corrected chi connectivity index (χ4v) is 1.15. The highest BCUT2D eigenvalue weighted by Crippen LogP contribution is 2.09. The predicted octanol–water partition coefficient (Wildman–Crippen LogP) is 0.640. The first-order chi connectivity index (χ1) is 9.08. The first-order valence-corrected chi connectivity index (χ1v) is 5.39. The van der Waals surface area contributed by atoms with Crippen molar-refractivity contribution in [2.75, 3.05) is 12.0 Å². The van der Waals surface area contributed by atoms with Gasteiger partial charge in [-0.2, -0.15) is 10.4 Å². The Morgan fingerprint density at radius 3 is 2.53 bits per heavy atom. The first-order valence-electron chi connectivity index (χ1n) is 5.39. The van der Waals surface area contributed by atoms with Crippen molar-refractivity contribution in [2.24, 2.45) is 10.8 Å². The maximum absolute atomic E-state index is 11.3. The Labute approximate surface area is 109 Å². The third kappa shape index (κ3) is 4.12. The largest absolute Gasteiger partial charge is 0.461 e. The molecule has 1 aromatic rings. The summed E-state index contributed by atoms with van der Waals surface area (Å²) in [5, 5.41) is 12.4. The second kappa shape index (κ2) is 6.76. The van der Waals surface area contributed by atoms with Gasteiger partial charge in [0.05, 0.1) is 12.3 Å². The molecule has 1 amide bonds. The average Bonchev–Trinajstić information content (AvgIpc) is 2.40. The van der Waals surface area contributed by atoms with Gasteiger partial charge in [0.25, 0.3) is 0 Å². The molecule has 0 radical (unpaired) electrons. The zero-order valence-electron chi connectivity index (χ0n) is 10.2. The maximum Gasteiger partial charge on any atom is 0.369 e. The molecule has 0 saturated carbocycles. The number of rotatable bonds is 5. The molecule has 0 aliphatic heterocycles. The number of carbonyl (C=O) groups excluding carboxylic acids is 2. The van der Waals surface area contributed by atoms with Crippen molar-refractivity contribution in [1.29, 1.82) is 5.26 Å². The topological polar surface area (TPSA) is 118 Å². The standard InChI is InChI=1S/C12H12N4O3/c1-2-19-12(18)10(7-13)16-15-9-5-3-8(4-6-9)11(14)17/h3-6,15H,2H2,1H3,(H2,14,17)/b16-10-. The number of primary amides is 1. The molecule has 1 aromatic carbocycles. The lowest BCUT2D eigenvalue weighted by Crippen LogP contribution is -2.17. The van der Waals surface area contributed by atoms with Crippen molar-refractivity contribution in [3.05, 3.63) is 29.8 Å². The quantitative estimate of drug-likeness (QED) is 0.457. The van der Waals surface area contributed by atoms with Gasteiger partial charge in [0.15, 0.2) is 0 Å². The Hall–Kier alpha value is -2.88. The van der Waals surface area contributed by atoms with Crippen LogP contribution in [0, 0.1) is 11.3 Å². The van der Waals surface area contributed by atoms with Crippen molar-refractivity contribution < 1.29 is 14.3 Å². The summed E-state index contributed by atoms with van der Waals surface area (Å²) in [5.74, 6) is -1.34. The van der Waals surface area contributed by atoms with Gasteiger partial charge in [0.1, 0.15) is 6.07 Å². The third-order valence-corrected chi connectivity index (χ3v) is 2.04. The number of hydrazone groups is 1. The molecule has 0 spiro atoms. The Kier molecular flexibility index (Phi) is 5.04. The van der Waals surface area contributed by atoms with Crippen molar-refractivity contribution in [3.8, 4) is 6.07 Å². The third-order valence-electron chi connectivity index (χ3n) is 2.04. The first kappa shape index (κ1) is 14.2. The second-order valence-corrected chi connectivity index (χ2v) is 3.35. The van der Waals surface area contributed by atoms with Gasteiger partial charge < -0.3 is 10.5 Å². The molecule has 98 valence electrons. The number of nitrogens with one attached hydrogen (secondary N) is 1. The van der Waals surface area contributed by atoms with E-state index in [4.69, 9.17) is 11.0 Å². The Morgan fingerprint density at radius 2 is 2.05 bits per heavy atom. The number of nitriles is 1. The summed E-state index contributed by atoms with van der Waals surface area (Å²) in [6.45, 7) is 1.79. The van der Waals surface area contributed by atoms with Crippen molar-refractivity contribution in [1.82, 2.24) is 0 Å². The van der Waals surface area contributed by atoms with Crippen LogP contribution in [0.4, 0.5) is 5.69 Å². The highest BCUT2D eigenvalue weighted by Gasteiger charge is 2.11. The number of nitrogens with two attached hydrogens (primary N) is 1. The molecule has 0 fully saturated rings. The molecule has 0 aliphatic rings. The lowest BCUT2D eigenvalue weighted by Gasteiger charge is -2.02. The van der Waals surface area contributed by atoms with E-state index in [2.05, 4.69) is 15.3 Å². The molecule has 0 bridgehead atoms. The van der Waals surface area contributed by atoms with Crippen LogP contribution in [0.25, 0.3) is 0 Å². The predicted molar refractivity (Wildman–Crippen MR) is 68.3 cm³/mol. The molecule has 7 heteroatoms. The van der Waals surface area contributed by atoms with Gasteiger partial charge in [-0.25, -0.2) is 4.79 Å². The van der Waals surface area contributed by atoms with Crippen LogP contribution in [0.3, 0.4) is 0 Å². The van der Waals surface area contributed by atoms with E-state index in [0.29, 0.717) is 11.3 Å². The summed E-state index contributed by atoms with van der Waals surface area (Å²) >= 11 is 0. The highest BCUT2D eigenvalue weighted by molar-refractivity contribution is 6.43. The Morgan fingerprint density at radius 1 is 1.42 bits per heavy atom. The smallest absolute Gasteiger partial charge is 0.369 e. The number of hydrogen-bond donors (Lipinski definition) is 2. The molecule has 1 rings (SSSR count). The monoisotopic (exact) mass is 260 g/mol. The minimum absolute atomic E-state index is 0.160. The normalized spacial score (nSPS) is 10.4. The summed E-state index contributed by atoms with van der Waals surface area (Å²) in [4.78, 5) is 22.1. The number of hydrogen-bond acceptors (Lipinski definition) is 6. The zero-order valence-corrected chi connectivity index (χ0v) is 10.2. The van der Waals surface area contributed by atoms with Crippen LogP contribution in [0.15, 0.2) is 29.4 Å². The van der Waals surface area contributed by atoms with E-state index in [-0.39, 0.29) is 12.3 Å². The molecule has 0 aliphatic carbocycles. The van der Waals surface area contributed by atoms with Crippen LogP contribution in [0.2, 0.25) is 0 Å². The number of ether oxygens (including phenoxy) is 1. The SMILES string of the molecule is CCOC(=O)/C(C#N)=N\Nc1ccc(C(N)=O)cc1. The number of amides is 1. The number of carbonyl (C=O) groups is 2. The Bertz CT molecular complexity index is 543. The van der Waals surface area contributed by atoms with Crippen LogP contribution < -0.4 is 11.2 Å². The summed E-state index contributed by atoms with van der Waals surface area (Å²) < 4.78 is 4.64. The fourth-order valence-electron chi connectivity index (χ4n) is 1.15. The lowest BCUT2D eigenvalue weighted by atomic mass is 10.2. The van der Waals surface area contributed by atoms with Gasteiger partial charge in [0.2, 0.25) is 11.6 Å². The van der Waals surface area contributed by atoms with Crippen molar-refractivity contribution >= 4 is 23.3 Å². The van der Waals surface area contributed by atoms with Crippen LogP contribution in [-0.4, -0.2) is 24.2 Å². The number of anilines is 1. The summed E-state index contributed by atoms with van der Waals surface area (Å²) in [6.07, 6.45) is 0. The second-order valence-electron chi connectivity index (χ2n) is 3.35. The molecule has 7 nitrogen and oxygen atoms in total. The molecule has 0 heterocycles. The molecule has 19 heavy (non-hydrogen) atoms. The molecular weight excluding hydrogens is 248 g/mol. The fraction of sp³-hybridized carbons (Fsp3) is 0.167. The lowest BCUT2D eigenvalue weighted by molar-refractivity contribution is -0.134. The van der Waals surface area contributed by atoms with Gasteiger partial charge in [-0.05, 0) is 31.2 Å². The van der Waals surface area contributed by atoms with E-state index in [1.54, 1.807) is 25.1 Å². The summed E-state index contributed by atoms with van der Waals surface area (Å²) in [7, 11) is 0. The van der Waals surface area contributed by atoms with Gasteiger partial charge in [-0.3, -0.25) is 10.2 Å². The Balaban J connectivity index is 2.76. The van der Waals surface area contributed by atoms with E-state index in [9.17, 15) is 9.59 Å². The maximum atomic E-state index is 11.3. The number of esters is 1. The minimum Gasteiger partial charge on any atom is -0.461 e. The van der Waals surface area contributed by atoms with E-state index in [1.165, 1.54) is 12.1 Å². The van der Waals surface area contributed by atoms with Crippen LogP contribution in [-0.2, 0) is 9.53 Å². The molecular formula is C12H12N4O3. The van der Waals surface area contributed by atoms with Gasteiger partial charge in [-0.15, -0.1) is 0 Å². The van der Waals surface area contributed by atoms with E-state index in [1.807, 2.05) is 0 Å². The summed E-state index contributed by atoms with van der Waals surface area (Å²) in [6, 6.07) is 7.71. The molecule has 0 saturated heterocycles. The van der Waals surface area contributed by atoms with E-state index >= 15 is 0 Å². The van der Waals surface area contributed by atoms with Crippen molar-refractivity contribution in [2.45, 2.75) is 6.92 Å². The molecule has 0 atom stereocenters.